The zero-order valence-corrected chi connectivity index (χ0v) is 20.0. The Morgan fingerprint density at radius 1 is 1.09 bits per heavy atom. The molecule has 5 aliphatic carbocycles. The monoisotopic (exact) mass is 458 g/mol. The van der Waals surface area contributed by atoms with E-state index in [1.165, 1.54) is 5.57 Å². The first kappa shape index (κ1) is 23.2. The number of Topliss-reactive ketones (excluding diaryl/α,β-unsaturated/α-hetero) is 1. The van der Waals surface area contributed by atoms with Gasteiger partial charge in [0.2, 0.25) is 5.78 Å². The predicted molar refractivity (Wildman–Crippen MR) is 121 cm³/mol. The molecule has 0 aromatic carbocycles. The number of hydrogen-bond donors (Lipinski definition) is 2. The average Bonchev–Trinajstić information content (AvgIpc) is 3.41. The van der Waals surface area contributed by atoms with Crippen molar-refractivity contribution in [2.75, 3.05) is 6.61 Å². The molecular formula is C27H38O6. The fraction of sp³-hybridized carbons (Fsp3) is 0.815. The van der Waals surface area contributed by atoms with Crippen molar-refractivity contribution in [1.29, 1.82) is 0 Å². The van der Waals surface area contributed by atoms with E-state index in [9.17, 15) is 24.6 Å². The van der Waals surface area contributed by atoms with Crippen LogP contribution >= 0.6 is 0 Å². The van der Waals surface area contributed by atoms with Crippen LogP contribution in [0.1, 0.15) is 84.5 Å². The average molecular weight is 459 g/mol. The first-order chi connectivity index (χ1) is 15.7. The molecule has 7 atom stereocenters. The Bertz CT molecular complexity index is 887. The molecule has 0 heterocycles. The predicted octanol–water partition coefficient (Wildman–Crippen LogP) is 3.52. The summed E-state index contributed by atoms with van der Waals surface area (Å²) in [5.41, 5.74) is -1.10. The van der Waals surface area contributed by atoms with Crippen molar-refractivity contribution in [2.45, 2.75) is 96.2 Å². The van der Waals surface area contributed by atoms with Crippen LogP contribution in [-0.2, 0) is 19.1 Å². The number of ketones is 2. The van der Waals surface area contributed by atoms with Crippen molar-refractivity contribution < 1.29 is 29.3 Å². The lowest BCUT2D eigenvalue weighted by molar-refractivity contribution is -0.204. The summed E-state index contributed by atoms with van der Waals surface area (Å²) in [5.74, 6) is -0.341. The normalized spacial score (nSPS) is 45.1. The Morgan fingerprint density at radius 3 is 2.52 bits per heavy atom. The van der Waals surface area contributed by atoms with Gasteiger partial charge in [0, 0.05) is 11.8 Å². The third-order valence-electron chi connectivity index (χ3n) is 10.6. The van der Waals surface area contributed by atoms with Crippen molar-refractivity contribution >= 4 is 17.5 Å². The van der Waals surface area contributed by atoms with Gasteiger partial charge in [0.05, 0.1) is 12.0 Å². The Hall–Kier alpha value is -1.53. The summed E-state index contributed by atoms with van der Waals surface area (Å²) >= 11 is 0. The van der Waals surface area contributed by atoms with Gasteiger partial charge in [0.15, 0.2) is 11.4 Å². The maximum atomic E-state index is 13.3. The number of hydrogen-bond acceptors (Lipinski definition) is 6. The van der Waals surface area contributed by atoms with Gasteiger partial charge in [0.25, 0.3) is 0 Å². The van der Waals surface area contributed by atoms with E-state index in [4.69, 9.17) is 4.74 Å². The van der Waals surface area contributed by atoms with Gasteiger partial charge in [-0.25, -0.2) is 0 Å². The van der Waals surface area contributed by atoms with Crippen LogP contribution in [0.3, 0.4) is 0 Å². The minimum atomic E-state index is -1.36. The third kappa shape index (κ3) is 3.23. The van der Waals surface area contributed by atoms with Crippen LogP contribution < -0.4 is 0 Å². The minimum Gasteiger partial charge on any atom is -0.450 e. The van der Waals surface area contributed by atoms with Crippen LogP contribution in [0.4, 0.5) is 0 Å². The molecule has 0 radical (unpaired) electrons. The number of carbonyl (C=O) groups is 3. The zero-order valence-electron chi connectivity index (χ0n) is 20.0. The molecule has 0 saturated heterocycles. The number of allylic oxidation sites excluding steroid dienone is 1. The highest BCUT2D eigenvalue weighted by Crippen LogP contribution is 2.68. The summed E-state index contributed by atoms with van der Waals surface area (Å²) in [7, 11) is 0. The fourth-order valence-electron chi connectivity index (χ4n) is 8.90. The molecule has 33 heavy (non-hydrogen) atoms. The highest BCUT2D eigenvalue weighted by atomic mass is 16.6. The van der Waals surface area contributed by atoms with E-state index in [2.05, 4.69) is 6.92 Å². The maximum absolute atomic E-state index is 13.3. The number of esters is 1. The topological polar surface area (TPSA) is 101 Å². The number of aliphatic hydroxyl groups is 2. The van der Waals surface area contributed by atoms with E-state index in [-0.39, 0.29) is 40.8 Å². The summed E-state index contributed by atoms with van der Waals surface area (Å²) in [6.45, 7) is 3.56. The molecule has 5 aliphatic rings. The highest BCUT2D eigenvalue weighted by Gasteiger charge is 2.70. The molecule has 0 aromatic heterocycles. The molecule has 5 rings (SSSR count). The van der Waals surface area contributed by atoms with E-state index in [1.54, 1.807) is 0 Å². The molecule has 0 aromatic rings. The van der Waals surface area contributed by atoms with E-state index in [1.807, 2.05) is 13.0 Å². The standard InChI is InChI=1S/C27H38O6/c1-25-11-9-18(29)13-17(25)7-8-19-20-10-12-27(22(31)15-28,26(20,2)14-21(30)23(19)25)33-24(32)16-5-3-4-6-16/h13,16,19-21,23,28,30H,3-12,14-15H2,1-2H3/t19-,20+,21+,23-,25+,26+,27+/m0/s1. The second-order valence-corrected chi connectivity index (χ2v) is 11.9. The summed E-state index contributed by atoms with van der Waals surface area (Å²) in [5, 5.41) is 21.5. The second kappa shape index (κ2) is 8.01. The largest absolute Gasteiger partial charge is 0.450 e. The molecule has 0 bridgehead atoms. The molecule has 4 saturated carbocycles. The number of carbonyl (C=O) groups excluding carboxylic acids is 3. The minimum absolute atomic E-state index is 0.0363. The Kier molecular flexibility index (Phi) is 5.64. The van der Waals surface area contributed by atoms with Crippen molar-refractivity contribution in [3.8, 4) is 0 Å². The van der Waals surface area contributed by atoms with Gasteiger partial charge in [-0.1, -0.05) is 32.3 Å². The highest BCUT2D eigenvalue weighted by molar-refractivity contribution is 5.93. The third-order valence-corrected chi connectivity index (χ3v) is 10.6. The number of aliphatic hydroxyl groups excluding tert-OH is 2. The molecule has 0 unspecified atom stereocenters. The number of ether oxygens (including phenoxy) is 1. The van der Waals surface area contributed by atoms with Crippen molar-refractivity contribution in [3.05, 3.63) is 11.6 Å². The van der Waals surface area contributed by atoms with Gasteiger partial charge in [-0.15, -0.1) is 0 Å². The van der Waals surface area contributed by atoms with E-state index < -0.39 is 29.5 Å². The number of fused-ring (bicyclic) bond motifs is 5. The lowest BCUT2D eigenvalue weighted by Crippen LogP contribution is -2.63. The first-order valence-corrected chi connectivity index (χ1v) is 13.0. The van der Waals surface area contributed by atoms with Gasteiger partial charge in [-0.2, -0.15) is 0 Å². The SMILES string of the molecule is C[C@@]12CCC(=O)C=C1CC[C@@H]1[C@H]2[C@H](O)C[C@]2(C)[C@@H]1CC[C@@]2(OC(=O)C1CCCC1)C(=O)CO. The molecule has 6 heteroatoms. The van der Waals surface area contributed by atoms with Gasteiger partial charge in [-0.05, 0) is 80.6 Å². The fourth-order valence-corrected chi connectivity index (χ4v) is 8.90. The van der Waals surface area contributed by atoms with Crippen molar-refractivity contribution in [1.82, 2.24) is 0 Å². The van der Waals surface area contributed by atoms with Crippen LogP contribution in [0.2, 0.25) is 0 Å². The molecule has 182 valence electrons. The lowest BCUT2D eigenvalue weighted by Gasteiger charge is -2.60. The lowest BCUT2D eigenvalue weighted by atomic mass is 9.45. The van der Waals surface area contributed by atoms with Gasteiger partial charge < -0.3 is 14.9 Å². The second-order valence-electron chi connectivity index (χ2n) is 11.9. The first-order valence-electron chi connectivity index (χ1n) is 13.0. The molecular weight excluding hydrogens is 420 g/mol. The maximum Gasteiger partial charge on any atom is 0.309 e. The smallest absolute Gasteiger partial charge is 0.309 e. The van der Waals surface area contributed by atoms with Gasteiger partial charge in [0.1, 0.15) is 6.61 Å². The summed E-state index contributed by atoms with van der Waals surface area (Å²) in [4.78, 5) is 38.5. The van der Waals surface area contributed by atoms with Crippen LogP contribution in [0.5, 0.6) is 0 Å². The zero-order chi connectivity index (χ0) is 23.6. The molecule has 6 nitrogen and oxygen atoms in total. The van der Waals surface area contributed by atoms with E-state index >= 15 is 0 Å². The van der Waals surface area contributed by atoms with Crippen LogP contribution in [-0.4, -0.2) is 46.1 Å². The van der Waals surface area contributed by atoms with E-state index in [0.29, 0.717) is 19.3 Å². The summed E-state index contributed by atoms with van der Waals surface area (Å²) < 4.78 is 6.17. The Morgan fingerprint density at radius 2 is 1.82 bits per heavy atom. The Balaban J connectivity index is 1.50. The molecule has 2 N–H and O–H groups in total. The van der Waals surface area contributed by atoms with Crippen LogP contribution in [0.25, 0.3) is 0 Å². The molecule has 0 aliphatic heterocycles. The van der Waals surface area contributed by atoms with Crippen molar-refractivity contribution in [2.24, 2.45) is 34.5 Å². The van der Waals surface area contributed by atoms with Crippen LogP contribution in [0.15, 0.2) is 11.6 Å². The molecule has 4 fully saturated rings. The quantitative estimate of drug-likeness (QED) is 0.625. The van der Waals surface area contributed by atoms with E-state index in [0.717, 1.165) is 51.4 Å². The van der Waals surface area contributed by atoms with Crippen molar-refractivity contribution in [3.63, 3.8) is 0 Å². The number of rotatable bonds is 4. The van der Waals surface area contributed by atoms with Crippen LogP contribution in [0, 0.1) is 34.5 Å². The molecule has 0 amide bonds. The van der Waals surface area contributed by atoms with Gasteiger partial charge >= 0.3 is 5.97 Å². The summed E-state index contributed by atoms with van der Waals surface area (Å²) in [6.07, 6.45) is 9.29. The Labute approximate surface area is 196 Å². The molecule has 0 spiro atoms. The summed E-state index contributed by atoms with van der Waals surface area (Å²) in [6, 6.07) is 0. The van der Waals surface area contributed by atoms with Gasteiger partial charge in [-0.3, -0.25) is 14.4 Å².